The van der Waals surface area contributed by atoms with E-state index < -0.39 is 7.82 Å². The van der Waals surface area contributed by atoms with E-state index in [9.17, 15) is 0 Å². The molecule has 5 nitrogen and oxygen atoms in total. The Morgan fingerprint density at radius 1 is 0.875 bits per heavy atom. The standard InChI is InChI=1S/C15H14O.3Na.H3O4P/c1-2-6-12(7-3-1)15-11-10-13-8-4-5-9-14(13)16-15;;;;1-5(2,3)4/h1-9,15H,10-11H2;;;;(H3,1,2,3,4)/q;3*+1;/p-3. The first-order valence-electron chi connectivity index (χ1n) is 6.46. The van der Waals surface area contributed by atoms with Gasteiger partial charge in [0, 0.05) is 0 Å². The monoisotopic (exact) mass is 374 g/mol. The van der Waals surface area contributed by atoms with Crippen LogP contribution in [-0.2, 0) is 11.0 Å². The third kappa shape index (κ3) is 10.5. The summed E-state index contributed by atoms with van der Waals surface area (Å²) in [5.74, 6) is 1.04. The first-order chi connectivity index (χ1) is 9.93. The molecule has 112 valence electrons. The Kier molecular flexibility index (Phi) is 15.5. The quantitative estimate of drug-likeness (QED) is 0.365. The second-order valence-electron chi connectivity index (χ2n) is 4.61. The summed E-state index contributed by atoms with van der Waals surface area (Å²) in [5, 5.41) is 0. The summed E-state index contributed by atoms with van der Waals surface area (Å²) in [6.45, 7) is 0. The zero-order valence-corrected chi connectivity index (χ0v) is 21.1. The van der Waals surface area contributed by atoms with Crippen LogP contribution < -0.4 is 108 Å². The van der Waals surface area contributed by atoms with Crippen molar-refractivity contribution in [1.82, 2.24) is 0 Å². The van der Waals surface area contributed by atoms with Gasteiger partial charge in [-0.3, -0.25) is 0 Å². The van der Waals surface area contributed by atoms with Crippen molar-refractivity contribution in [2.45, 2.75) is 18.9 Å². The van der Waals surface area contributed by atoms with Crippen LogP contribution in [0.5, 0.6) is 5.75 Å². The molecular formula is C15H14Na3O5P. The van der Waals surface area contributed by atoms with E-state index >= 15 is 0 Å². The number of hydrogen-bond acceptors (Lipinski definition) is 5. The van der Waals surface area contributed by atoms with Gasteiger partial charge < -0.3 is 24.0 Å². The van der Waals surface area contributed by atoms with Gasteiger partial charge in [-0.2, -0.15) is 7.82 Å². The Labute approximate surface area is 208 Å². The van der Waals surface area contributed by atoms with Gasteiger partial charge in [0.25, 0.3) is 0 Å². The maximum atomic E-state index is 8.55. The van der Waals surface area contributed by atoms with E-state index in [4.69, 9.17) is 24.0 Å². The van der Waals surface area contributed by atoms with Crippen molar-refractivity contribution in [2.24, 2.45) is 0 Å². The van der Waals surface area contributed by atoms with Crippen molar-refractivity contribution in [3.8, 4) is 5.75 Å². The van der Waals surface area contributed by atoms with E-state index in [1.165, 1.54) is 11.1 Å². The number of rotatable bonds is 1. The molecule has 0 amide bonds. The van der Waals surface area contributed by atoms with Crippen molar-refractivity contribution >= 4 is 7.82 Å². The summed E-state index contributed by atoms with van der Waals surface area (Å²) in [7, 11) is -5.39. The number of ether oxygens (including phenoxy) is 1. The number of phosphoric acid groups is 1. The van der Waals surface area contributed by atoms with Gasteiger partial charge in [-0.1, -0.05) is 48.5 Å². The third-order valence-corrected chi connectivity index (χ3v) is 3.09. The Bertz CT molecular complexity index is 628. The molecule has 0 radical (unpaired) electrons. The molecule has 0 aromatic heterocycles. The molecule has 1 aliphatic rings. The Hall–Kier alpha value is 1.35. The summed E-state index contributed by atoms with van der Waals surface area (Å²) in [4.78, 5) is 25.6. The van der Waals surface area contributed by atoms with Crippen molar-refractivity contribution in [3.63, 3.8) is 0 Å². The normalized spacial score (nSPS) is 14.9. The number of benzene rings is 2. The Balaban J connectivity index is 0. The molecule has 2 aromatic rings. The van der Waals surface area contributed by atoms with E-state index in [2.05, 4.69) is 42.5 Å². The van der Waals surface area contributed by atoms with Gasteiger partial charge in [0.2, 0.25) is 0 Å². The number of hydrogen-bond donors (Lipinski definition) is 0. The van der Waals surface area contributed by atoms with Gasteiger partial charge in [-0.25, -0.2) is 0 Å². The largest absolute Gasteiger partial charge is 1.00 e. The minimum absolute atomic E-state index is 0. The van der Waals surface area contributed by atoms with Crippen LogP contribution >= 0.6 is 7.82 Å². The summed E-state index contributed by atoms with van der Waals surface area (Å²) >= 11 is 0. The van der Waals surface area contributed by atoms with Crippen molar-refractivity contribution in [3.05, 3.63) is 65.7 Å². The molecule has 1 aliphatic heterocycles. The average molecular weight is 374 g/mol. The van der Waals surface area contributed by atoms with Gasteiger partial charge in [0.15, 0.2) is 0 Å². The minimum Gasteiger partial charge on any atom is -0.822 e. The minimum atomic E-state index is -5.39. The number of fused-ring (bicyclic) bond motifs is 1. The van der Waals surface area contributed by atoms with E-state index in [-0.39, 0.29) is 94.8 Å². The summed E-state index contributed by atoms with van der Waals surface area (Å²) in [6, 6.07) is 18.8. The molecule has 1 heterocycles. The van der Waals surface area contributed by atoms with Crippen LogP contribution in [0.2, 0.25) is 0 Å². The van der Waals surface area contributed by atoms with E-state index in [0.29, 0.717) is 0 Å². The zero-order chi connectivity index (χ0) is 15.3. The molecule has 1 atom stereocenters. The first-order valence-corrected chi connectivity index (χ1v) is 7.92. The van der Waals surface area contributed by atoms with E-state index in [0.717, 1.165) is 18.6 Å². The van der Waals surface area contributed by atoms with Crippen molar-refractivity contribution in [2.75, 3.05) is 0 Å². The fourth-order valence-electron chi connectivity index (χ4n) is 2.23. The van der Waals surface area contributed by atoms with Crippen LogP contribution in [0, 0.1) is 0 Å². The fourth-order valence-corrected chi connectivity index (χ4v) is 2.23. The molecule has 0 spiro atoms. The van der Waals surface area contributed by atoms with Gasteiger partial charge in [-0.15, -0.1) is 0 Å². The SMILES string of the molecule is O=P([O-])([O-])[O-].[Na+].[Na+].[Na+].c1ccc(C2CCc3ccccc3O2)cc1. The van der Waals surface area contributed by atoms with Crippen LogP contribution in [-0.4, -0.2) is 0 Å². The predicted molar refractivity (Wildman–Crippen MR) is 72.2 cm³/mol. The molecule has 1 unspecified atom stereocenters. The molecule has 3 rings (SSSR count). The number of para-hydroxylation sites is 1. The average Bonchev–Trinajstić information content (AvgIpc) is 2.46. The van der Waals surface area contributed by atoms with Crippen LogP contribution in [0.4, 0.5) is 0 Å². The molecule has 0 saturated heterocycles. The Morgan fingerprint density at radius 3 is 1.96 bits per heavy atom. The van der Waals surface area contributed by atoms with Crippen LogP contribution in [0.25, 0.3) is 0 Å². The second kappa shape index (κ2) is 13.5. The maximum Gasteiger partial charge on any atom is 1.00 e. The van der Waals surface area contributed by atoms with Crippen LogP contribution in [0.15, 0.2) is 54.6 Å². The van der Waals surface area contributed by atoms with Gasteiger partial charge in [0.05, 0.1) is 0 Å². The molecule has 0 aliphatic carbocycles. The van der Waals surface area contributed by atoms with Gasteiger partial charge in [-0.05, 0) is 30.0 Å². The molecule has 2 aromatic carbocycles. The summed E-state index contributed by atoms with van der Waals surface area (Å²) in [5.41, 5.74) is 2.60. The van der Waals surface area contributed by atoms with E-state index in [1.54, 1.807) is 0 Å². The van der Waals surface area contributed by atoms with Gasteiger partial charge in [0.1, 0.15) is 11.9 Å². The Morgan fingerprint density at radius 2 is 1.38 bits per heavy atom. The zero-order valence-electron chi connectivity index (χ0n) is 14.2. The topological polar surface area (TPSA) is 95.5 Å². The summed E-state index contributed by atoms with van der Waals surface area (Å²) in [6.07, 6.45) is 2.40. The van der Waals surface area contributed by atoms with Crippen LogP contribution in [0.3, 0.4) is 0 Å². The second-order valence-corrected chi connectivity index (χ2v) is 5.51. The molecule has 0 saturated carbocycles. The molecule has 24 heavy (non-hydrogen) atoms. The van der Waals surface area contributed by atoms with E-state index in [1.807, 2.05) is 12.1 Å². The first kappa shape index (κ1) is 27.6. The molecule has 0 bridgehead atoms. The van der Waals surface area contributed by atoms with Gasteiger partial charge >= 0.3 is 88.7 Å². The molecule has 0 fully saturated rings. The summed E-state index contributed by atoms with van der Waals surface area (Å²) < 4.78 is 14.6. The fraction of sp³-hybridized carbons (Fsp3) is 0.200. The predicted octanol–water partition coefficient (Wildman–Crippen LogP) is -8.06. The third-order valence-electron chi connectivity index (χ3n) is 3.09. The van der Waals surface area contributed by atoms with Crippen molar-refractivity contribution < 1.29 is 113 Å². The van der Waals surface area contributed by atoms with Crippen LogP contribution in [0.1, 0.15) is 23.7 Å². The maximum absolute atomic E-state index is 8.55. The van der Waals surface area contributed by atoms with Crippen molar-refractivity contribution in [1.29, 1.82) is 0 Å². The number of aryl methyl sites for hydroxylation is 1. The molecule has 0 N–H and O–H groups in total. The smallest absolute Gasteiger partial charge is 0.822 e. The molecule has 9 heteroatoms. The molecular weight excluding hydrogens is 360 g/mol.